The molecule has 1 aliphatic rings. The first-order chi connectivity index (χ1) is 13.4. The fraction of sp³-hybridized carbons (Fsp3) is 0.421. The van der Waals surface area contributed by atoms with Gasteiger partial charge in [-0.3, -0.25) is 14.6 Å². The molecular formula is C19H23N5O4. The number of aromatic nitrogens is 3. The van der Waals surface area contributed by atoms with Crippen LogP contribution in [0.15, 0.2) is 18.6 Å². The van der Waals surface area contributed by atoms with Crippen molar-refractivity contribution in [3.8, 4) is 0 Å². The topological polar surface area (TPSA) is 108 Å². The number of carbonyl (C=O) groups excluding carboxylic acids is 3. The highest BCUT2D eigenvalue weighted by Gasteiger charge is 2.29. The maximum Gasteiger partial charge on any atom is 0.340 e. The number of hydrogen-bond acceptors (Lipinski definition) is 6. The summed E-state index contributed by atoms with van der Waals surface area (Å²) in [5, 5.41) is 0. The largest absolute Gasteiger partial charge is 0.462 e. The van der Waals surface area contributed by atoms with E-state index < -0.39 is 5.97 Å². The lowest BCUT2D eigenvalue weighted by Crippen LogP contribution is -2.50. The van der Waals surface area contributed by atoms with Crippen molar-refractivity contribution >= 4 is 17.8 Å². The van der Waals surface area contributed by atoms with Gasteiger partial charge in [0.2, 0.25) is 0 Å². The van der Waals surface area contributed by atoms with E-state index in [0.29, 0.717) is 48.7 Å². The van der Waals surface area contributed by atoms with Crippen LogP contribution < -0.4 is 0 Å². The minimum absolute atomic E-state index is 0.192. The summed E-state index contributed by atoms with van der Waals surface area (Å²) in [5.74, 6) is -0.827. The van der Waals surface area contributed by atoms with Gasteiger partial charge >= 0.3 is 5.97 Å². The molecular weight excluding hydrogens is 362 g/mol. The Morgan fingerprint density at radius 1 is 1.07 bits per heavy atom. The summed E-state index contributed by atoms with van der Waals surface area (Å²) >= 11 is 0. The first-order valence-corrected chi connectivity index (χ1v) is 9.14. The predicted molar refractivity (Wildman–Crippen MR) is 100 cm³/mol. The second kappa shape index (κ2) is 8.20. The molecule has 1 saturated heterocycles. The highest BCUT2D eigenvalue weighted by molar-refractivity contribution is 6.00. The predicted octanol–water partition coefficient (Wildman–Crippen LogP) is 1.20. The Bertz CT molecular complexity index is 885. The summed E-state index contributed by atoms with van der Waals surface area (Å²) < 4.78 is 5.07. The molecule has 1 N–H and O–H groups in total. The first-order valence-electron chi connectivity index (χ1n) is 9.14. The van der Waals surface area contributed by atoms with Crippen LogP contribution in [0.2, 0.25) is 0 Å². The molecule has 0 aliphatic carbocycles. The van der Waals surface area contributed by atoms with Crippen molar-refractivity contribution < 1.29 is 19.1 Å². The second-order valence-electron chi connectivity index (χ2n) is 6.52. The lowest BCUT2D eigenvalue weighted by Gasteiger charge is -2.34. The molecule has 0 radical (unpaired) electrons. The van der Waals surface area contributed by atoms with Crippen molar-refractivity contribution in [3.05, 3.63) is 46.8 Å². The summed E-state index contributed by atoms with van der Waals surface area (Å²) in [7, 11) is 0. The van der Waals surface area contributed by atoms with Crippen LogP contribution in [-0.4, -0.2) is 75.3 Å². The van der Waals surface area contributed by atoms with Crippen molar-refractivity contribution in [1.29, 1.82) is 0 Å². The van der Waals surface area contributed by atoms with Crippen molar-refractivity contribution in [2.75, 3.05) is 32.8 Å². The standard InChI is InChI=1S/C19H23N5O4/c1-4-28-19(27)15-12(2)16(22-13(15)3)18(26)24-9-7-23(8-10-24)17(25)14-11-20-5-6-21-14/h5-6,11,22H,4,7-10H2,1-3H3. The van der Waals surface area contributed by atoms with Crippen LogP contribution in [0.25, 0.3) is 0 Å². The molecule has 2 aromatic rings. The molecule has 9 heteroatoms. The third-order valence-electron chi connectivity index (χ3n) is 4.77. The number of piperazine rings is 1. The Morgan fingerprint density at radius 2 is 1.71 bits per heavy atom. The van der Waals surface area contributed by atoms with Crippen LogP contribution in [0.5, 0.6) is 0 Å². The van der Waals surface area contributed by atoms with Gasteiger partial charge in [-0.2, -0.15) is 0 Å². The van der Waals surface area contributed by atoms with Crippen molar-refractivity contribution in [1.82, 2.24) is 24.8 Å². The van der Waals surface area contributed by atoms with Crippen LogP contribution in [-0.2, 0) is 4.74 Å². The van der Waals surface area contributed by atoms with Gasteiger partial charge in [0, 0.05) is 44.3 Å². The summed E-state index contributed by atoms with van der Waals surface area (Å²) in [4.78, 5) is 51.8. The normalized spacial score (nSPS) is 14.1. The number of amides is 2. The van der Waals surface area contributed by atoms with Crippen LogP contribution in [0.1, 0.15) is 49.5 Å². The Kier molecular flexibility index (Phi) is 5.72. The first kappa shape index (κ1) is 19.5. The quantitative estimate of drug-likeness (QED) is 0.792. The van der Waals surface area contributed by atoms with Crippen LogP contribution >= 0.6 is 0 Å². The zero-order valence-electron chi connectivity index (χ0n) is 16.2. The molecule has 0 bridgehead atoms. The number of carbonyl (C=O) groups is 3. The Balaban J connectivity index is 1.68. The second-order valence-corrected chi connectivity index (χ2v) is 6.52. The molecule has 1 fully saturated rings. The molecule has 1 aliphatic heterocycles. The molecule has 28 heavy (non-hydrogen) atoms. The van der Waals surface area contributed by atoms with Crippen molar-refractivity contribution in [2.24, 2.45) is 0 Å². The third kappa shape index (κ3) is 3.73. The van der Waals surface area contributed by atoms with E-state index in [1.54, 1.807) is 30.6 Å². The fourth-order valence-electron chi connectivity index (χ4n) is 3.32. The van der Waals surface area contributed by atoms with E-state index in [-0.39, 0.29) is 24.1 Å². The van der Waals surface area contributed by atoms with Crippen LogP contribution in [0.4, 0.5) is 0 Å². The van der Waals surface area contributed by atoms with Gasteiger partial charge in [0.15, 0.2) is 0 Å². The van der Waals surface area contributed by atoms with Crippen molar-refractivity contribution in [2.45, 2.75) is 20.8 Å². The van der Waals surface area contributed by atoms with E-state index in [9.17, 15) is 14.4 Å². The summed E-state index contributed by atoms with van der Waals surface area (Å²) in [6.45, 7) is 7.10. The van der Waals surface area contributed by atoms with E-state index >= 15 is 0 Å². The molecule has 0 unspecified atom stereocenters. The number of H-pyrrole nitrogens is 1. The lowest BCUT2D eigenvalue weighted by molar-refractivity contribution is 0.0522. The molecule has 0 aromatic carbocycles. The van der Waals surface area contributed by atoms with E-state index in [4.69, 9.17) is 4.74 Å². The zero-order chi connectivity index (χ0) is 20.3. The molecule has 2 aromatic heterocycles. The number of ether oxygens (including phenoxy) is 1. The molecule has 148 valence electrons. The Morgan fingerprint density at radius 3 is 2.29 bits per heavy atom. The van der Waals surface area contributed by atoms with E-state index in [1.165, 1.54) is 18.6 Å². The number of aryl methyl sites for hydroxylation is 1. The molecule has 9 nitrogen and oxygen atoms in total. The molecule has 2 amide bonds. The number of nitrogens with one attached hydrogen (secondary N) is 1. The smallest absolute Gasteiger partial charge is 0.340 e. The summed E-state index contributed by atoms with van der Waals surface area (Å²) in [6.07, 6.45) is 4.42. The lowest BCUT2D eigenvalue weighted by atomic mass is 10.1. The Labute approximate surface area is 162 Å². The summed E-state index contributed by atoms with van der Waals surface area (Å²) in [6, 6.07) is 0. The maximum atomic E-state index is 12.9. The minimum Gasteiger partial charge on any atom is -0.462 e. The average molecular weight is 385 g/mol. The molecule has 0 atom stereocenters. The van der Waals surface area contributed by atoms with E-state index in [2.05, 4.69) is 15.0 Å². The number of hydrogen-bond donors (Lipinski definition) is 1. The van der Waals surface area contributed by atoms with Gasteiger partial charge in [0.25, 0.3) is 11.8 Å². The number of rotatable bonds is 4. The zero-order valence-corrected chi connectivity index (χ0v) is 16.2. The number of nitrogens with zero attached hydrogens (tertiary/aromatic N) is 4. The summed E-state index contributed by atoms with van der Waals surface area (Å²) in [5.41, 5.74) is 2.27. The molecule has 3 rings (SSSR count). The minimum atomic E-state index is -0.438. The van der Waals surface area contributed by atoms with Gasteiger partial charge in [-0.05, 0) is 26.3 Å². The monoisotopic (exact) mass is 385 g/mol. The van der Waals surface area contributed by atoms with Crippen LogP contribution in [0.3, 0.4) is 0 Å². The van der Waals surface area contributed by atoms with E-state index in [1.807, 2.05) is 0 Å². The highest BCUT2D eigenvalue weighted by Crippen LogP contribution is 2.21. The maximum absolute atomic E-state index is 12.9. The van der Waals surface area contributed by atoms with Gasteiger partial charge in [-0.1, -0.05) is 0 Å². The van der Waals surface area contributed by atoms with E-state index in [0.717, 1.165) is 0 Å². The molecule has 0 saturated carbocycles. The van der Waals surface area contributed by atoms with Gasteiger partial charge in [0.1, 0.15) is 11.4 Å². The molecule has 0 spiro atoms. The highest BCUT2D eigenvalue weighted by atomic mass is 16.5. The third-order valence-corrected chi connectivity index (χ3v) is 4.77. The molecule has 3 heterocycles. The van der Waals surface area contributed by atoms with Crippen LogP contribution in [0, 0.1) is 13.8 Å². The van der Waals surface area contributed by atoms with Gasteiger partial charge < -0.3 is 19.5 Å². The van der Waals surface area contributed by atoms with Crippen molar-refractivity contribution in [3.63, 3.8) is 0 Å². The average Bonchev–Trinajstić information content (AvgIpc) is 3.02. The number of aromatic amines is 1. The number of esters is 1. The van der Waals surface area contributed by atoms with Gasteiger partial charge in [-0.15, -0.1) is 0 Å². The fourth-order valence-corrected chi connectivity index (χ4v) is 3.32. The Hall–Kier alpha value is -3.23. The van der Waals surface area contributed by atoms with Gasteiger partial charge in [0.05, 0.1) is 18.4 Å². The SMILES string of the molecule is CCOC(=O)c1c(C)[nH]c(C(=O)N2CCN(C(=O)c3cnccn3)CC2)c1C. The van der Waals surface area contributed by atoms with Gasteiger partial charge in [-0.25, -0.2) is 9.78 Å².